The molecule has 2 aliphatic carbocycles. The Kier molecular flexibility index (Phi) is 3.62. The van der Waals surface area contributed by atoms with Gasteiger partial charge in [0.1, 0.15) is 0 Å². The third-order valence-electron chi connectivity index (χ3n) is 4.37. The average Bonchev–Trinajstić information content (AvgIpc) is 2.33. The van der Waals surface area contributed by atoms with Crippen molar-refractivity contribution >= 4 is 5.97 Å². The van der Waals surface area contributed by atoms with E-state index in [9.17, 15) is 15.0 Å². The predicted octanol–water partition coefficient (Wildman–Crippen LogP) is 1.57. The molecule has 0 aromatic carbocycles. The molecule has 0 unspecified atom stereocenters. The van der Waals surface area contributed by atoms with Crippen LogP contribution < -0.4 is 5.11 Å². The van der Waals surface area contributed by atoms with Gasteiger partial charge in [-0.2, -0.15) is 0 Å². The number of allylic oxidation sites excluding steroid dienone is 2. The molecule has 0 bridgehead atoms. The van der Waals surface area contributed by atoms with Crippen LogP contribution in [0.15, 0.2) is 23.3 Å². The lowest BCUT2D eigenvalue weighted by Crippen LogP contribution is -2.37. The summed E-state index contributed by atoms with van der Waals surface area (Å²) in [4.78, 5) is 10.8. The van der Waals surface area contributed by atoms with Crippen molar-refractivity contribution in [3.05, 3.63) is 23.3 Å². The molecule has 1 N–H and O–H groups in total. The fourth-order valence-electron chi connectivity index (χ4n) is 3.02. The van der Waals surface area contributed by atoms with Crippen molar-refractivity contribution in [3.63, 3.8) is 0 Å². The van der Waals surface area contributed by atoms with Crippen molar-refractivity contribution < 1.29 is 15.0 Å². The van der Waals surface area contributed by atoms with Gasteiger partial charge in [-0.1, -0.05) is 26.0 Å². The first-order valence-electron chi connectivity index (χ1n) is 6.70. The Labute approximate surface area is 108 Å². The van der Waals surface area contributed by atoms with Crippen molar-refractivity contribution in [2.75, 3.05) is 0 Å². The first kappa shape index (κ1) is 13.3. The van der Waals surface area contributed by atoms with E-state index in [1.165, 1.54) is 0 Å². The van der Waals surface area contributed by atoms with E-state index >= 15 is 0 Å². The largest absolute Gasteiger partial charge is 0.545 e. The quantitative estimate of drug-likeness (QED) is 0.756. The van der Waals surface area contributed by atoms with E-state index in [2.05, 4.69) is 19.9 Å². The third-order valence-corrected chi connectivity index (χ3v) is 4.37. The predicted molar refractivity (Wildman–Crippen MR) is 67.5 cm³/mol. The molecule has 2 atom stereocenters. The summed E-state index contributed by atoms with van der Waals surface area (Å²) in [6, 6.07) is 0. The maximum Gasteiger partial charge on any atom is 0.0803 e. The van der Waals surface area contributed by atoms with Gasteiger partial charge < -0.3 is 15.0 Å². The highest BCUT2D eigenvalue weighted by Crippen LogP contribution is 2.41. The number of hydrogen-bond donors (Lipinski definition) is 1. The minimum absolute atomic E-state index is 0.0670. The molecule has 0 amide bonds. The maximum absolute atomic E-state index is 10.8. The molecule has 2 rings (SSSR count). The van der Waals surface area contributed by atoms with E-state index in [1.807, 2.05) is 0 Å². The summed E-state index contributed by atoms with van der Waals surface area (Å²) < 4.78 is 0. The Morgan fingerprint density at radius 3 is 2.72 bits per heavy atom. The normalized spacial score (nSPS) is 31.5. The van der Waals surface area contributed by atoms with Crippen LogP contribution in [0.1, 0.15) is 46.0 Å². The molecule has 0 heterocycles. The van der Waals surface area contributed by atoms with Crippen LogP contribution in [0, 0.1) is 11.3 Å². The van der Waals surface area contributed by atoms with Crippen molar-refractivity contribution in [3.8, 4) is 0 Å². The van der Waals surface area contributed by atoms with Crippen LogP contribution >= 0.6 is 0 Å². The van der Waals surface area contributed by atoms with Gasteiger partial charge in [-0.25, -0.2) is 0 Å². The van der Waals surface area contributed by atoms with Gasteiger partial charge >= 0.3 is 0 Å². The highest BCUT2D eigenvalue weighted by Gasteiger charge is 2.36. The van der Waals surface area contributed by atoms with Crippen molar-refractivity contribution in [1.29, 1.82) is 0 Å². The molecule has 0 aliphatic heterocycles. The van der Waals surface area contributed by atoms with Gasteiger partial charge in [0, 0.05) is 0 Å². The molecule has 0 fully saturated rings. The molecule has 0 radical (unpaired) electrons. The minimum atomic E-state index is -1.05. The van der Waals surface area contributed by atoms with Gasteiger partial charge in [-0.15, -0.1) is 0 Å². The number of hydrogen-bond acceptors (Lipinski definition) is 3. The fourth-order valence-corrected chi connectivity index (χ4v) is 3.02. The van der Waals surface area contributed by atoms with E-state index in [-0.39, 0.29) is 5.41 Å². The molecule has 100 valence electrons. The summed E-state index contributed by atoms with van der Waals surface area (Å²) in [5, 5.41) is 21.2. The smallest absolute Gasteiger partial charge is 0.0803 e. The Balaban J connectivity index is 2.10. The number of aliphatic hydroxyl groups is 1. The van der Waals surface area contributed by atoms with Gasteiger partial charge in [-0.3, -0.25) is 0 Å². The number of carbonyl (C=O) groups is 1. The van der Waals surface area contributed by atoms with Gasteiger partial charge in [0.2, 0.25) is 0 Å². The molecule has 18 heavy (non-hydrogen) atoms. The first-order chi connectivity index (χ1) is 8.42. The number of aliphatic hydroxyl groups excluding tert-OH is 1. The summed E-state index contributed by atoms with van der Waals surface area (Å²) in [7, 11) is 0. The lowest BCUT2D eigenvalue weighted by Gasteiger charge is -2.39. The zero-order valence-corrected chi connectivity index (χ0v) is 11.1. The second-order valence-corrected chi connectivity index (χ2v) is 6.12. The lowest BCUT2D eigenvalue weighted by atomic mass is 9.69. The molecular formula is C15H21O3-. The zero-order valence-electron chi connectivity index (χ0n) is 11.1. The van der Waals surface area contributed by atoms with Crippen molar-refractivity contribution in [2.45, 2.75) is 52.1 Å². The molecule has 3 heteroatoms. The van der Waals surface area contributed by atoms with E-state index in [0.717, 1.165) is 24.8 Å². The van der Waals surface area contributed by atoms with E-state index in [1.54, 1.807) is 6.08 Å². The number of carbonyl (C=O) groups excluding carboxylic acids is 1. The van der Waals surface area contributed by atoms with Crippen LogP contribution in [0.25, 0.3) is 0 Å². The van der Waals surface area contributed by atoms with Gasteiger partial charge in [-0.05, 0) is 54.6 Å². The number of aliphatic carboxylic acids is 1. The molecule has 2 aliphatic rings. The SMILES string of the molecule is CC1(C)CCC=C([C@@H]2CC=C(C(=O)[O-])CC2)[C@H]1O. The van der Waals surface area contributed by atoms with Crippen molar-refractivity contribution in [1.82, 2.24) is 0 Å². The molecule has 0 aromatic heterocycles. The van der Waals surface area contributed by atoms with Gasteiger partial charge in [0.05, 0.1) is 12.1 Å². The van der Waals surface area contributed by atoms with E-state index in [4.69, 9.17) is 0 Å². The fraction of sp³-hybridized carbons (Fsp3) is 0.667. The second-order valence-electron chi connectivity index (χ2n) is 6.12. The van der Waals surface area contributed by atoms with Crippen LogP contribution in [0.3, 0.4) is 0 Å². The van der Waals surface area contributed by atoms with E-state index in [0.29, 0.717) is 24.3 Å². The summed E-state index contributed by atoms with van der Waals surface area (Å²) in [6.07, 6.45) is 7.60. The minimum Gasteiger partial charge on any atom is -0.545 e. The molecule has 0 aromatic rings. The Hall–Kier alpha value is -1.09. The molecule has 0 saturated heterocycles. The maximum atomic E-state index is 10.8. The third kappa shape index (κ3) is 2.51. The van der Waals surface area contributed by atoms with Crippen LogP contribution in [0.4, 0.5) is 0 Å². The lowest BCUT2D eigenvalue weighted by molar-refractivity contribution is -0.299. The number of carboxylic acids is 1. The average molecular weight is 249 g/mol. The Bertz CT molecular complexity index is 404. The van der Waals surface area contributed by atoms with Crippen LogP contribution in [0.5, 0.6) is 0 Å². The molecular weight excluding hydrogens is 228 g/mol. The standard InChI is InChI=1S/C15H22O3/c1-15(2)9-3-4-12(13(15)16)10-5-7-11(8-6-10)14(17)18/h4,7,10,13,16H,3,5-6,8-9H2,1-2H3,(H,17,18)/p-1/t10-,13-/m1/s1. The summed E-state index contributed by atoms with van der Waals surface area (Å²) >= 11 is 0. The van der Waals surface area contributed by atoms with Crippen molar-refractivity contribution in [2.24, 2.45) is 11.3 Å². The van der Waals surface area contributed by atoms with E-state index < -0.39 is 12.1 Å². The van der Waals surface area contributed by atoms with Gasteiger partial charge in [0.15, 0.2) is 0 Å². The monoisotopic (exact) mass is 249 g/mol. The van der Waals surface area contributed by atoms with Gasteiger partial charge in [0.25, 0.3) is 0 Å². The summed E-state index contributed by atoms with van der Waals surface area (Å²) in [5.74, 6) is -0.755. The molecule has 3 nitrogen and oxygen atoms in total. The first-order valence-corrected chi connectivity index (χ1v) is 6.70. The molecule has 0 spiro atoms. The second kappa shape index (κ2) is 4.88. The summed E-state index contributed by atoms with van der Waals surface area (Å²) in [5.41, 5.74) is 1.46. The zero-order chi connectivity index (χ0) is 13.3. The van der Waals surface area contributed by atoms with Crippen LogP contribution in [0.2, 0.25) is 0 Å². The topological polar surface area (TPSA) is 60.4 Å². The Morgan fingerprint density at radius 2 is 2.17 bits per heavy atom. The molecule has 0 saturated carbocycles. The van der Waals surface area contributed by atoms with Crippen LogP contribution in [-0.2, 0) is 4.79 Å². The highest BCUT2D eigenvalue weighted by molar-refractivity contribution is 5.84. The highest BCUT2D eigenvalue weighted by atomic mass is 16.4. The Morgan fingerprint density at radius 1 is 1.44 bits per heavy atom. The number of rotatable bonds is 2. The van der Waals surface area contributed by atoms with Crippen LogP contribution in [-0.4, -0.2) is 17.2 Å². The summed E-state index contributed by atoms with van der Waals surface area (Å²) in [6.45, 7) is 4.19. The number of carboxylic acid groups (broad SMARTS) is 1.